The molecule has 68 heavy (non-hydrogen) atoms. The van der Waals surface area contributed by atoms with Crippen molar-refractivity contribution in [3.8, 4) is 0 Å². The van der Waals surface area contributed by atoms with E-state index in [-0.39, 0.29) is 0 Å². The lowest BCUT2D eigenvalue weighted by Crippen LogP contribution is -2.97. The Balaban J connectivity index is 0.00000142. The van der Waals surface area contributed by atoms with E-state index in [2.05, 4.69) is 196 Å². The van der Waals surface area contributed by atoms with Crippen LogP contribution < -0.4 is 57.4 Å². The van der Waals surface area contributed by atoms with Crippen LogP contribution in [0.4, 0.5) is 56.9 Å². The molecule has 0 aliphatic carbocycles. The maximum absolute atomic E-state index is 8.41. The van der Waals surface area contributed by atoms with E-state index in [0.717, 1.165) is 104 Å². The normalized spacial score (nSPS) is 11.1. The van der Waals surface area contributed by atoms with Crippen LogP contribution in [0.15, 0.2) is 121 Å². The average Bonchev–Trinajstić information content (AvgIpc) is 3.32. The van der Waals surface area contributed by atoms with E-state index in [0.29, 0.717) is 0 Å². The molecular formula is C54H78Cl2N6O6. The van der Waals surface area contributed by atoms with Crippen molar-refractivity contribution in [1.82, 2.24) is 0 Å². The summed E-state index contributed by atoms with van der Waals surface area (Å²) in [5.74, 6) is 0. The second-order valence-corrected chi connectivity index (χ2v) is 17.6. The van der Waals surface area contributed by atoms with E-state index in [1.54, 1.807) is 0 Å². The SMILES string of the molecule is CCCN(CCC)c1ccc([NH+](c2ccc(N(CCC)CCC)cc2)c2ccc([NH+](c3ccc(N(CCC)CCC)cc3)c3ccc(N(CCC)CCC)cc3)cc2)cc1.[O-][Cl+2]([O-])[O-].[O-][Cl+2]([O-])[O-]. The monoisotopic (exact) mass is 977 g/mol. The number of anilines is 4. The highest BCUT2D eigenvalue weighted by Gasteiger charge is 2.24. The Morgan fingerprint density at radius 3 is 0.500 bits per heavy atom. The predicted octanol–water partition coefficient (Wildman–Crippen LogP) is 5.42. The molecule has 0 aliphatic rings. The van der Waals surface area contributed by atoms with Crippen molar-refractivity contribution in [3.63, 3.8) is 0 Å². The van der Waals surface area contributed by atoms with E-state index in [1.165, 1.54) is 66.7 Å². The van der Waals surface area contributed by atoms with E-state index >= 15 is 0 Å². The van der Waals surface area contributed by atoms with Gasteiger partial charge in [0.25, 0.3) is 0 Å². The number of benzene rings is 5. The molecule has 12 nitrogen and oxygen atoms in total. The maximum Gasteiger partial charge on any atom is 0.141 e. The molecule has 2 N–H and O–H groups in total. The summed E-state index contributed by atoms with van der Waals surface area (Å²) in [4.78, 5) is 12.6. The number of hydrogen-bond donors (Lipinski definition) is 2. The van der Waals surface area contributed by atoms with E-state index < -0.39 is 21.6 Å². The quantitative estimate of drug-likeness (QED) is 0.0734. The van der Waals surface area contributed by atoms with Gasteiger partial charge in [-0.05, 0) is 99.9 Å². The zero-order valence-electron chi connectivity index (χ0n) is 41.9. The van der Waals surface area contributed by atoms with Crippen molar-refractivity contribution >= 4 is 56.9 Å². The molecule has 0 amide bonds. The van der Waals surface area contributed by atoms with Gasteiger partial charge in [-0.25, -0.2) is 9.80 Å². The lowest BCUT2D eigenvalue weighted by molar-refractivity contribution is -1.73. The fraction of sp³-hybridized carbons (Fsp3) is 0.444. The predicted molar refractivity (Wildman–Crippen MR) is 263 cm³/mol. The largest absolute Gasteiger partial charge is 0.372 e. The maximum atomic E-state index is 8.41. The highest BCUT2D eigenvalue weighted by atomic mass is 35.6. The van der Waals surface area contributed by atoms with Gasteiger partial charge in [0.1, 0.15) is 34.1 Å². The minimum absolute atomic E-state index is 1.08. The molecule has 0 aliphatic heterocycles. The van der Waals surface area contributed by atoms with Crippen LogP contribution in [0.25, 0.3) is 0 Å². The van der Waals surface area contributed by atoms with E-state index in [9.17, 15) is 0 Å². The number of hydrogen-bond acceptors (Lipinski definition) is 10. The Bertz CT molecular complexity index is 1750. The smallest absolute Gasteiger partial charge is 0.141 e. The Kier molecular flexibility index (Phi) is 27.6. The number of rotatable bonds is 26. The van der Waals surface area contributed by atoms with Crippen molar-refractivity contribution < 1.29 is 59.3 Å². The molecule has 0 fully saturated rings. The molecule has 0 bridgehead atoms. The minimum atomic E-state index is -2.85. The Morgan fingerprint density at radius 1 is 0.265 bits per heavy atom. The standard InChI is InChI=1S/C54H76N6.2ClO3/c1-9-37-55(38-10-2)45-17-25-49(26-18-45)59(50-27-19-46(20-28-50)56(39-11-3)40-12-4)53-33-35-54(36-34-53)60(51-29-21-47(22-30-51)57(41-13-5)42-14-6)52-31-23-48(24-32-52)58(43-15-7)44-16-8;2*2-1(3)4/h17-36H,9-16,37-44H2,1-8H3;;/q;2*-1/p+2. The fourth-order valence-electron chi connectivity index (χ4n) is 8.80. The van der Waals surface area contributed by atoms with Crippen LogP contribution >= 0.6 is 0 Å². The highest BCUT2D eigenvalue weighted by Crippen LogP contribution is 2.27. The first-order chi connectivity index (χ1) is 32.9. The van der Waals surface area contributed by atoms with Crippen LogP contribution in [-0.4, -0.2) is 52.4 Å². The highest BCUT2D eigenvalue weighted by molar-refractivity contribution is 5.59. The molecule has 14 heteroatoms. The first kappa shape index (κ1) is 57.9. The molecule has 5 aromatic rings. The number of quaternary nitrogens is 2. The third kappa shape index (κ3) is 18.8. The molecule has 374 valence electrons. The van der Waals surface area contributed by atoms with Crippen molar-refractivity contribution in [2.45, 2.75) is 107 Å². The molecule has 0 saturated heterocycles. The lowest BCUT2D eigenvalue weighted by atomic mass is 10.1. The summed E-state index contributed by atoms with van der Waals surface area (Å²) in [6.45, 7) is 26.8. The van der Waals surface area contributed by atoms with Gasteiger partial charge in [0.05, 0.1) is 21.6 Å². The Labute approximate surface area is 414 Å². The van der Waals surface area contributed by atoms with Crippen LogP contribution in [0.5, 0.6) is 0 Å². The second-order valence-electron chi connectivity index (χ2n) is 16.8. The Hall–Kier alpha value is -4.44. The van der Waals surface area contributed by atoms with Crippen LogP contribution in [0.1, 0.15) is 107 Å². The zero-order chi connectivity index (χ0) is 49.8. The number of nitrogens with one attached hydrogen (secondary N) is 2. The van der Waals surface area contributed by atoms with Gasteiger partial charge in [-0.2, -0.15) is 0 Å². The van der Waals surface area contributed by atoms with Crippen molar-refractivity contribution in [3.05, 3.63) is 121 Å². The van der Waals surface area contributed by atoms with Gasteiger partial charge in [-0.15, -0.1) is 0 Å². The first-order valence-corrected chi connectivity index (χ1v) is 26.5. The van der Waals surface area contributed by atoms with Crippen molar-refractivity contribution in [1.29, 1.82) is 0 Å². The molecule has 0 saturated carbocycles. The summed E-state index contributed by atoms with van der Waals surface area (Å²) < 4.78 is 50.4. The van der Waals surface area contributed by atoms with Crippen LogP contribution in [0, 0.1) is 21.6 Å². The van der Waals surface area contributed by atoms with Gasteiger partial charge >= 0.3 is 0 Å². The van der Waals surface area contributed by atoms with Gasteiger partial charge in [-0.1, -0.05) is 55.4 Å². The Morgan fingerprint density at radius 2 is 0.382 bits per heavy atom. The van der Waals surface area contributed by atoms with E-state index in [4.69, 9.17) is 28.0 Å². The van der Waals surface area contributed by atoms with Crippen molar-refractivity contribution in [2.75, 3.05) is 72.0 Å². The molecular weight excluding hydrogens is 900 g/mol. The van der Waals surface area contributed by atoms with Crippen LogP contribution in [0.2, 0.25) is 0 Å². The third-order valence-electron chi connectivity index (χ3n) is 11.5. The average molecular weight is 978 g/mol. The number of nitrogens with zero attached hydrogens (tertiary/aromatic N) is 4. The second kappa shape index (κ2) is 32.4. The lowest BCUT2D eigenvalue weighted by Gasteiger charge is -2.26. The summed E-state index contributed by atoms with van der Waals surface area (Å²) >= 11 is 0. The summed E-state index contributed by atoms with van der Waals surface area (Å²) in [7, 11) is -5.70. The summed E-state index contributed by atoms with van der Waals surface area (Å²) in [5.41, 5.74) is 12.7. The van der Waals surface area contributed by atoms with Gasteiger partial charge in [-0.3, -0.25) is 0 Å². The summed E-state index contributed by atoms with van der Waals surface area (Å²) in [6.07, 6.45) is 9.15. The van der Waals surface area contributed by atoms with Gasteiger partial charge < -0.3 is 47.6 Å². The minimum Gasteiger partial charge on any atom is -0.372 e. The zero-order valence-corrected chi connectivity index (χ0v) is 43.4. The summed E-state index contributed by atoms with van der Waals surface area (Å²) in [6, 6.07) is 46.8. The van der Waals surface area contributed by atoms with Gasteiger partial charge in [0.2, 0.25) is 0 Å². The molecule has 0 aromatic heterocycles. The first-order valence-electron chi connectivity index (χ1n) is 24.6. The molecule has 0 unspecified atom stereocenters. The van der Waals surface area contributed by atoms with Crippen LogP contribution in [0.3, 0.4) is 0 Å². The molecule has 0 atom stereocenters. The number of halogens is 2. The van der Waals surface area contributed by atoms with Crippen LogP contribution in [-0.2, 0) is 0 Å². The van der Waals surface area contributed by atoms with Gasteiger partial charge in [0.15, 0.2) is 0 Å². The molecule has 0 heterocycles. The molecule has 0 spiro atoms. The van der Waals surface area contributed by atoms with Crippen molar-refractivity contribution in [2.24, 2.45) is 0 Å². The molecule has 0 radical (unpaired) electrons. The third-order valence-corrected chi connectivity index (χ3v) is 11.5. The van der Waals surface area contributed by atoms with Gasteiger partial charge in [0, 0.05) is 148 Å². The molecule has 5 rings (SSSR count). The summed E-state index contributed by atoms with van der Waals surface area (Å²) in [5, 5.41) is 0. The fourth-order valence-corrected chi connectivity index (χ4v) is 8.80. The molecule has 5 aromatic carbocycles. The van der Waals surface area contributed by atoms with E-state index in [1.807, 2.05) is 0 Å². The topological polar surface area (TPSA) is 160 Å².